The van der Waals surface area contributed by atoms with E-state index in [0.29, 0.717) is 46.6 Å². The highest BCUT2D eigenvalue weighted by Crippen LogP contribution is 2.52. The van der Waals surface area contributed by atoms with Crippen molar-refractivity contribution in [1.29, 1.82) is 0 Å². The molecule has 0 spiro atoms. The van der Waals surface area contributed by atoms with E-state index in [4.69, 9.17) is 0 Å². The highest BCUT2D eigenvalue weighted by Gasteiger charge is 2.53. The van der Waals surface area contributed by atoms with Crippen molar-refractivity contribution < 1.29 is 33.0 Å². The molecule has 1 aliphatic heterocycles. The molecule has 1 saturated carbocycles. The van der Waals surface area contributed by atoms with Crippen molar-refractivity contribution in [3.63, 3.8) is 0 Å². The Morgan fingerprint density at radius 1 is 0.925 bits per heavy atom. The minimum absolute atomic E-state index is 0.0763. The van der Waals surface area contributed by atoms with Gasteiger partial charge >= 0.3 is 6.29 Å². The molecule has 2 aliphatic rings. The number of carbonyl (C=O) groups excluding carboxylic acids is 2. The van der Waals surface area contributed by atoms with E-state index in [1.807, 2.05) is 19.1 Å². The molecular formula is C31H24F2N2O5. The van der Waals surface area contributed by atoms with Crippen LogP contribution in [0.4, 0.5) is 14.6 Å². The number of halogens is 2. The van der Waals surface area contributed by atoms with Crippen molar-refractivity contribution >= 4 is 17.5 Å². The molecule has 9 heteroatoms. The van der Waals surface area contributed by atoms with Gasteiger partial charge in [0.2, 0.25) is 5.91 Å². The molecule has 40 heavy (non-hydrogen) atoms. The second-order valence-electron chi connectivity index (χ2n) is 9.99. The third kappa shape index (κ3) is 4.69. The summed E-state index contributed by atoms with van der Waals surface area (Å²) in [6.07, 6.45) is -3.99. The number of carbonyl (C=O) groups is 2. The predicted octanol–water partition coefficient (Wildman–Crippen LogP) is 5.97. The van der Waals surface area contributed by atoms with Gasteiger partial charge in [-0.15, -0.1) is 8.78 Å². The van der Waals surface area contributed by atoms with Crippen LogP contribution >= 0.6 is 0 Å². The molecule has 1 aliphatic carbocycles. The summed E-state index contributed by atoms with van der Waals surface area (Å²) in [6, 6.07) is 23.4. The van der Waals surface area contributed by atoms with E-state index in [9.17, 15) is 23.5 Å². The molecule has 4 aromatic rings. The monoisotopic (exact) mass is 542 g/mol. The standard InChI is InChI=1S/C31H24F2N2O5/c1-18-10-13-25(35-29(38)30(14-15-30)22-11-12-23-24(17-22)40-31(32,33)39-23)34-26(18)20-8-5-9-21(16-20)28(37)27(36)19-6-3-2-4-7-19/h2-13,16-17,28,37H,14-15H2,1H3,(H,34,35,38). The van der Waals surface area contributed by atoms with Crippen LogP contribution in [0.1, 0.15) is 46.0 Å². The van der Waals surface area contributed by atoms with Gasteiger partial charge in [-0.25, -0.2) is 4.98 Å². The molecule has 202 valence electrons. The van der Waals surface area contributed by atoms with E-state index in [0.717, 1.165) is 5.56 Å². The number of pyridine rings is 1. The van der Waals surface area contributed by atoms with Crippen LogP contribution in [0.15, 0.2) is 84.9 Å². The zero-order valence-electron chi connectivity index (χ0n) is 21.4. The topological polar surface area (TPSA) is 97.8 Å². The fraction of sp³-hybridized carbons (Fsp3) is 0.194. The lowest BCUT2D eigenvalue weighted by Gasteiger charge is -2.17. The fourth-order valence-corrected chi connectivity index (χ4v) is 4.91. The molecule has 2 N–H and O–H groups in total. The molecule has 3 aromatic carbocycles. The summed E-state index contributed by atoms with van der Waals surface area (Å²) in [6.45, 7) is 1.87. The molecule has 0 saturated heterocycles. The lowest BCUT2D eigenvalue weighted by Crippen LogP contribution is -2.28. The van der Waals surface area contributed by atoms with Gasteiger partial charge in [-0.1, -0.05) is 60.7 Å². The molecular weight excluding hydrogens is 518 g/mol. The Labute approximate surface area is 228 Å². The van der Waals surface area contributed by atoms with E-state index >= 15 is 0 Å². The van der Waals surface area contributed by atoms with Crippen LogP contribution in [0.5, 0.6) is 11.5 Å². The second kappa shape index (κ2) is 9.53. The van der Waals surface area contributed by atoms with Gasteiger partial charge in [-0.2, -0.15) is 0 Å². The molecule has 0 bridgehead atoms. The molecule has 1 fully saturated rings. The summed E-state index contributed by atoms with van der Waals surface area (Å²) in [5, 5.41) is 13.6. The lowest BCUT2D eigenvalue weighted by molar-refractivity contribution is -0.286. The van der Waals surface area contributed by atoms with E-state index in [1.165, 1.54) is 12.1 Å². The number of nitrogens with one attached hydrogen (secondary N) is 1. The number of aliphatic hydroxyl groups is 1. The Morgan fingerprint density at radius 3 is 2.42 bits per heavy atom. The third-order valence-electron chi connectivity index (χ3n) is 7.26. The Morgan fingerprint density at radius 2 is 1.68 bits per heavy atom. The number of hydrogen-bond acceptors (Lipinski definition) is 6. The number of hydrogen-bond donors (Lipinski definition) is 2. The number of anilines is 1. The Bertz CT molecular complexity index is 1640. The molecule has 6 rings (SSSR count). The maximum Gasteiger partial charge on any atom is 0.586 e. The summed E-state index contributed by atoms with van der Waals surface area (Å²) in [5.74, 6) is -0.586. The number of benzene rings is 3. The van der Waals surface area contributed by atoms with Crippen LogP contribution in [0, 0.1) is 6.92 Å². The highest BCUT2D eigenvalue weighted by atomic mass is 19.3. The fourth-order valence-electron chi connectivity index (χ4n) is 4.91. The van der Waals surface area contributed by atoms with Gasteiger partial charge < -0.3 is 19.9 Å². The molecule has 1 aromatic heterocycles. The number of fused-ring (bicyclic) bond motifs is 1. The Kier molecular flexibility index (Phi) is 6.11. The number of alkyl halides is 2. The number of nitrogens with zero attached hydrogens (tertiary/aromatic N) is 1. The number of aryl methyl sites for hydroxylation is 1. The van der Waals surface area contributed by atoms with Gasteiger partial charge in [0.05, 0.1) is 11.1 Å². The first-order valence-electron chi connectivity index (χ1n) is 12.7. The van der Waals surface area contributed by atoms with Gasteiger partial charge in [0.15, 0.2) is 17.3 Å². The van der Waals surface area contributed by atoms with Crippen molar-refractivity contribution in [3.8, 4) is 22.8 Å². The SMILES string of the molecule is Cc1ccc(NC(=O)C2(c3ccc4c(c3)OC(F)(F)O4)CC2)nc1-c1cccc(C(O)C(=O)c2ccccc2)c1. The molecule has 0 radical (unpaired) electrons. The number of ketones is 1. The van der Waals surface area contributed by atoms with Crippen LogP contribution in [0.25, 0.3) is 11.3 Å². The molecule has 1 unspecified atom stereocenters. The van der Waals surface area contributed by atoms with Crippen LogP contribution in [-0.4, -0.2) is 28.1 Å². The maximum atomic E-state index is 13.5. The first-order chi connectivity index (χ1) is 19.1. The van der Waals surface area contributed by atoms with Gasteiger partial charge in [0, 0.05) is 11.1 Å². The van der Waals surface area contributed by atoms with Crippen molar-refractivity contribution in [2.24, 2.45) is 0 Å². The maximum absolute atomic E-state index is 13.5. The van der Waals surface area contributed by atoms with Crippen LogP contribution in [-0.2, 0) is 10.2 Å². The average molecular weight is 543 g/mol. The third-order valence-corrected chi connectivity index (χ3v) is 7.26. The number of Topliss-reactive ketones (excluding diaryl/α,β-unsaturated/α-hetero) is 1. The van der Waals surface area contributed by atoms with Gasteiger partial charge in [-0.05, 0) is 60.7 Å². The summed E-state index contributed by atoms with van der Waals surface area (Å²) in [4.78, 5) is 30.8. The average Bonchev–Trinajstić information content (AvgIpc) is 3.71. The minimum atomic E-state index is -3.73. The molecule has 2 heterocycles. The van der Waals surface area contributed by atoms with Crippen LogP contribution in [0.3, 0.4) is 0 Å². The first-order valence-corrected chi connectivity index (χ1v) is 12.7. The number of amides is 1. The second-order valence-corrected chi connectivity index (χ2v) is 9.99. The van der Waals surface area contributed by atoms with Crippen molar-refractivity contribution in [3.05, 3.63) is 107 Å². The molecule has 1 amide bonds. The van der Waals surface area contributed by atoms with Gasteiger partial charge in [0.25, 0.3) is 0 Å². The summed E-state index contributed by atoms with van der Waals surface area (Å²) >= 11 is 0. The Balaban J connectivity index is 1.23. The number of ether oxygens (including phenoxy) is 2. The number of aliphatic hydroxyl groups excluding tert-OH is 1. The normalized spacial score (nSPS) is 16.7. The highest BCUT2D eigenvalue weighted by molar-refractivity contribution is 6.01. The summed E-state index contributed by atoms with van der Waals surface area (Å²) in [5.41, 5.74) is 2.58. The van der Waals surface area contributed by atoms with Crippen molar-refractivity contribution in [2.75, 3.05) is 5.32 Å². The first kappa shape index (κ1) is 25.6. The largest absolute Gasteiger partial charge is 0.586 e. The summed E-state index contributed by atoms with van der Waals surface area (Å²) in [7, 11) is 0. The summed E-state index contributed by atoms with van der Waals surface area (Å²) < 4.78 is 35.9. The van der Waals surface area contributed by atoms with Crippen LogP contribution in [0.2, 0.25) is 0 Å². The van der Waals surface area contributed by atoms with E-state index < -0.39 is 23.6 Å². The van der Waals surface area contributed by atoms with Gasteiger partial charge in [0.1, 0.15) is 11.9 Å². The van der Waals surface area contributed by atoms with E-state index in [1.54, 1.807) is 60.7 Å². The molecule has 7 nitrogen and oxygen atoms in total. The van der Waals surface area contributed by atoms with E-state index in [2.05, 4.69) is 19.8 Å². The zero-order valence-corrected chi connectivity index (χ0v) is 21.4. The number of rotatable bonds is 7. The van der Waals surface area contributed by atoms with Crippen LogP contribution < -0.4 is 14.8 Å². The smallest absolute Gasteiger partial charge is 0.395 e. The van der Waals surface area contributed by atoms with Gasteiger partial charge in [-0.3, -0.25) is 9.59 Å². The lowest BCUT2D eigenvalue weighted by atomic mass is 9.94. The minimum Gasteiger partial charge on any atom is -0.395 e. The molecule has 1 atom stereocenters. The zero-order chi connectivity index (χ0) is 28.1. The van der Waals surface area contributed by atoms with E-state index in [-0.39, 0.29) is 17.4 Å². The Hall–Kier alpha value is -4.63. The van der Waals surface area contributed by atoms with Crippen molar-refractivity contribution in [1.82, 2.24) is 4.98 Å². The number of aromatic nitrogens is 1. The quantitative estimate of drug-likeness (QED) is 0.280. The van der Waals surface area contributed by atoms with Crippen molar-refractivity contribution in [2.45, 2.75) is 37.6 Å². The predicted molar refractivity (Wildman–Crippen MR) is 142 cm³/mol.